The van der Waals surface area contributed by atoms with Gasteiger partial charge in [-0.05, 0) is 12.1 Å². The molecule has 0 spiro atoms. The maximum Gasteiger partial charge on any atom is 0.573 e. The summed E-state index contributed by atoms with van der Waals surface area (Å²) in [5.74, 6) is 0.0357. The molecule has 0 aliphatic rings. The first-order valence-corrected chi connectivity index (χ1v) is 4.04. The summed E-state index contributed by atoms with van der Waals surface area (Å²) in [6.07, 6.45) is -4.66. The second-order valence-electron chi connectivity index (χ2n) is 2.37. The Bertz CT molecular complexity index is 306. The van der Waals surface area contributed by atoms with Crippen molar-refractivity contribution >= 4 is 7.69 Å². The van der Waals surface area contributed by atoms with Crippen molar-refractivity contribution in [3.8, 4) is 11.5 Å². The lowest BCUT2D eigenvalue weighted by Gasteiger charge is -2.09. The van der Waals surface area contributed by atoms with E-state index in [1.807, 2.05) is 0 Å². The van der Waals surface area contributed by atoms with Crippen LogP contribution in [-0.2, 0) is 0 Å². The summed E-state index contributed by atoms with van der Waals surface area (Å²) in [7, 11) is 0.618. The van der Waals surface area contributed by atoms with Gasteiger partial charge in [0.2, 0.25) is 0 Å². The molecule has 0 unspecified atom stereocenters. The Balaban J connectivity index is 0.000000673. The van der Waals surface area contributed by atoms with Gasteiger partial charge in [-0.2, -0.15) is 0 Å². The standard InChI is InChI=1S/C8H7F3O2.BH3O2/c1-12-6-3-2-4-7(5-6)13-8(9,10)11;2-1-3/h2-5H,1H3;1-3H. The van der Waals surface area contributed by atoms with E-state index in [0.717, 1.165) is 6.07 Å². The van der Waals surface area contributed by atoms with Crippen molar-refractivity contribution in [3.63, 3.8) is 0 Å². The third-order valence-electron chi connectivity index (χ3n) is 1.27. The number of hydrogen-bond acceptors (Lipinski definition) is 4. The van der Waals surface area contributed by atoms with Crippen LogP contribution in [0.25, 0.3) is 0 Å². The van der Waals surface area contributed by atoms with Gasteiger partial charge in [-0.15, -0.1) is 13.2 Å². The zero-order chi connectivity index (χ0) is 12.6. The fourth-order valence-electron chi connectivity index (χ4n) is 0.798. The molecule has 1 aromatic carbocycles. The van der Waals surface area contributed by atoms with E-state index in [-0.39, 0.29) is 5.75 Å². The van der Waals surface area contributed by atoms with E-state index in [2.05, 4.69) is 4.74 Å². The molecule has 90 valence electrons. The topological polar surface area (TPSA) is 58.9 Å². The SMILES string of the molecule is COc1cccc(OC(F)(F)F)c1.OBO. The molecular formula is C8H10BF3O4. The maximum atomic E-state index is 11.7. The van der Waals surface area contributed by atoms with Crippen molar-refractivity contribution in [3.05, 3.63) is 24.3 Å². The highest BCUT2D eigenvalue weighted by molar-refractivity contribution is 6.13. The zero-order valence-electron chi connectivity index (χ0n) is 8.36. The summed E-state index contributed by atoms with van der Waals surface area (Å²) in [4.78, 5) is 0. The quantitative estimate of drug-likeness (QED) is 0.749. The fraction of sp³-hybridized carbons (Fsp3) is 0.250. The molecule has 0 amide bonds. The Labute approximate surface area is 90.5 Å². The Hall–Kier alpha value is -1.41. The van der Waals surface area contributed by atoms with Crippen LogP contribution in [0.3, 0.4) is 0 Å². The van der Waals surface area contributed by atoms with E-state index >= 15 is 0 Å². The van der Waals surface area contributed by atoms with Crippen molar-refractivity contribution in [1.82, 2.24) is 0 Å². The third-order valence-corrected chi connectivity index (χ3v) is 1.27. The molecule has 4 nitrogen and oxygen atoms in total. The summed E-state index contributed by atoms with van der Waals surface area (Å²) in [5, 5.41) is 14.2. The van der Waals surface area contributed by atoms with E-state index in [0.29, 0.717) is 5.75 Å². The molecule has 0 aliphatic heterocycles. The lowest BCUT2D eigenvalue weighted by Crippen LogP contribution is -2.17. The van der Waals surface area contributed by atoms with Gasteiger partial charge in [0.15, 0.2) is 0 Å². The van der Waals surface area contributed by atoms with Crippen LogP contribution < -0.4 is 9.47 Å². The highest BCUT2D eigenvalue weighted by Crippen LogP contribution is 2.25. The van der Waals surface area contributed by atoms with E-state index in [1.165, 1.54) is 25.3 Å². The number of hydrogen-bond donors (Lipinski definition) is 2. The van der Waals surface area contributed by atoms with Crippen LogP contribution >= 0.6 is 0 Å². The smallest absolute Gasteiger partial charge is 0.497 e. The monoisotopic (exact) mass is 238 g/mol. The van der Waals surface area contributed by atoms with Gasteiger partial charge in [-0.3, -0.25) is 0 Å². The van der Waals surface area contributed by atoms with Crippen LogP contribution in [0, 0.1) is 0 Å². The van der Waals surface area contributed by atoms with Crippen LogP contribution in [0.5, 0.6) is 11.5 Å². The Morgan fingerprint density at radius 1 is 1.19 bits per heavy atom. The molecule has 16 heavy (non-hydrogen) atoms. The minimum Gasteiger partial charge on any atom is -0.497 e. The summed E-state index contributed by atoms with van der Waals surface area (Å²) in [6, 6.07) is 5.31. The molecule has 8 heteroatoms. The fourth-order valence-corrected chi connectivity index (χ4v) is 0.798. The summed E-state index contributed by atoms with van der Waals surface area (Å²) >= 11 is 0. The zero-order valence-corrected chi connectivity index (χ0v) is 8.36. The molecule has 0 aliphatic carbocycles. The maximum absolute atomic E-state index is 11.7. The molecule has 1 aromatic rings. The predicted molar refractivity (Wildman–Crippen MR) is 51.3 cm³/mol. The normalized spacial score (nSPS) is 9.88. The van der Waals surface area contributed by atoms with Gasteiger partial charge in [0.05, 0.1) is 7.11 Å². The Morgan fingerprint density at radius 2 is 1.69 bits per heavy atom. The molecule has 1 rings (SSSR count). The average Bonchev–Trinajstić information content (AvgIpc) is 2.16. The second-order valence-corrected chi connectivity index (χ2v) is 2.37. The largest absolute Gasteiger partial charge is 0.573 e. The molecule has 2 N–H and O–H groups in total. The van der Waals surface area contributed by atoms with Crippen LogP contribution in [0.2, 0.25) is 0 Å². The second kappa shape index (κ2) is 6.97. The molecule has 0 radical (unpaired) electrons. The van der Waals surface area contributed by atoms with Gasteiger partial charge in [0.25, 0.3) is 0 Å². The van der Waals surface area contributed by atoms with Crippen molar-refractivity contribution in [2.75, 3.05) is 7.11 Å². The average molecular weight is 238 g/mol. The third kappa shape index (κ3) is 6.96. The van der Waals surface area contributed by atoms with Crippen LogP contribution in [0.4, 0.5) is 13.2 Å². The Morgan fingerprint density at radius 3 is 2.12 bits per heavy atom. The van der Waals surface area contributed by atoms with Gasteiger partial charge in [-0.25, -0.2) is 0 Å². The minimum atomic E-state index is -4.66. The van der Waals surface area contributed by atoms with Crippen molar-refractivity contribution < 1.29 is 32.7 Å². The molecular weight excluding hydrogens is 228 g/mol. The van der Waals surface area contributed by atoms with Crippen molar-refractivity contribution in [1.29, 1.82) is 0 Å². The predicted octanol–water partition coefficient (Wildman–Crippen LogP) is 0.831. The summed E-state index contributed by atoms with van der Waals surface area (Å²) in [6.45, 7) is 0. The van der Waals surface area contributed by atoms with Gasteiger partial charge in [0, 0.05) is 6.07 Å². The molecule has 0 bridgehead atoms. The molecule has 0 atom stereocenters. The lowest BCUT2D eigenvalue weighted by atomic mass is 10.3. The van der Waals surface area contributed by atoms with E-state index < -0.39 is 14.0 Å². The number of benzene rings is 1. The molecule has 0 saturated heterocycles. The van der Waals surface area contributed by atoms with Gasteiger partial charge in [0.1, 0.15) is 11.5 Å². The first kappa shape index (κ1) is 14.6. The van der Waals surface area contributed by atoms with E-state index in [9.17, 15) is 13.2 Å². The highest BCUT2D eigenvalue weighted by atomic mass is 19.4. The number of ether oxygens (including phenoxy) is 2. The summed E-state index contributed by atoms with van der Waals surface area (Å²) in [5.41, 5.74) is 0. The van der Waals surface area contributed by atoms with Crippen molar-refractivity contribution in [2.45, 2.75) is 6.36 Å². The molecule has 0 fully saturated rings. The molecule has 0 saturated carbocycles. The number of alkyl halides is 3. The Kier molecular flexibility index (Phi) is 6.35. The molecule has 0 aromatic heterocycles. The van der Waals surface area contributed by atoms with Gasteiger partial charge >= 0.3 is 14.0 Å². The minimum absolute atomic E-state index is 0.285. The van der Waals surface area contributed by atoms with Gasteiger partial charge in [-0.1, -0.05) is 6.07 Å². The van der Waals surface area contributed by atoms with Gasteiger partial charge < -0.3 is 19.5 Å². The highest BCUT2D eigenvalue weighted by Gasteiger charge is 2.31. The van der Waals surface area contributed by atoms with Crippen molar-refractivity contribution in [2.24, 2.45) is 0 Å². The van der Waals surface area contributed by atoms with E-state index in [1.54, 1.807) is 0 Å². The van der Waals surface area contributed by atoms with E-state index in [4.69, 9.17) is 14.8 Å². The molecule has 0 heterocycles. The van der Waals surface area contributed by atoms with Crippen LogP contribution in [0.15, 0.2) is 24.3 Å². The number of methoxy groups -OCH3 is 1. The number of rotatable bonds is 2. The summed E-state index contributed by atoms with van der Waals surface area (Å²) < 4.78 is 43.5. The first-order valence-electron chi connectivity index (χ1n) is 4.04. The first-order chi connectivity index (χ1) is 7.42. The number of halogens is 3. The van der Waals surface area contributed by atoms with Crippen LogP contribution in [0.1, 0.15) is 0 Å². The van der Waals surface area contributed by atoms with Crippen LogP contribution in [-0.4, -0.2) is 31.2 Å². The lowest BCUT2D eigenvalue weighted by molar-refractivity contribution is -0.274.